The molecule has 1 heterocycles. The lowest BCUT2D eigenvalue weighted by Gasteiger charge is -2.20. The van der Waals surface area contributed by atoms with Crippen LogP contribution in [-0.2, 0) is 4.79 Å². The summed E-state index contributed by atoms with van der Waals surface area (Å²) in [5, 5.41) is 0. The minimum Gasteiger partial charge on any atom is -0.399 e. The Labute approximate surface area is 127 Å². The third kappa shape index (κ3) is 4.62. The fourth-order valence-corrected chi connectivity index (χ4v) is 2.94. The number of likely N-dealkylation sites (tertiary alicyclic amines) is 1. The Bertz CT molecular complexity index is 508. The van der Waals surface area contributed by atoms with E-state index < -0.39 is 0 Å². The molecule has 21 heavy (non-hydrogen) atoms. The molecule has 1 unspecified atom stereocenters. The Morgan fingerprint density at radius 2 is 2.14 bits per heavy atom. The summed E-state index contributed by atoms with van der Waals surface area (Å²) in [6.45, 7) is 6.32. The molecule has 0 aromatic heterocycles. The zero-order valence-corrected chi connectivity index (χ0v) is 13.1. The van der Waals surface area contributed by atoms with E-state index in [2.05, 4.69) is 13.8 Å². The molecule has 0 saturated carbocycles. The number of hydrogen-bond donors (Lipinski definition) is 1. The van der Waals surface area contributed by atoms with Crippen LogP contribution in [-0.4, -0.2) is 23.9 Å². The predicted octanol–water partition coefficient (Wildman–Crippen LogP) is 3.57. The normalized spacial score (nSPS) is 20.0. The first-order chi connectivity index (χ1) is 10.1. The molecule has 0 spiro atoms. The van der Waals surface area contributed by atoms with Crippen LogP contribution in [0.5, 0.6) is 0 Å². The van der Waals surface area contributed by atoms with E-state index in [0.717, 1.165) is 43.1 Å². The number of amides is 1. The minimum absolute atomic E-state index is 0.113. The fraction of sp³-hybridized carbons (Fsp3) is 0.500. The van der Waals surface area contributed by atoms with Gasteiger partial charge in [-0.1, -0.05) is 26.0 Å². The van der Waals surface area contributed by atoms with Crippen molar-refractivity contribution in [2.45, 2.75) is 33.1 Å². The lowest BCUT2D eigenvalue weighted by atomic mass is 9.89. The van der Waals surface area contributed by atoms with E-state index >= 15 is 0 Å². The van der Waals surface area contributed by atoms with Crippen LogP contribution >= 0.6 is 0 Å². The summed E-state index contributed by atoms with van der Waals surface area (Å²) in [6, 6.07) is 7.58. The van der Waals surface area contributed by atoms with Gasteiger partial charge >= 0.3 is 0 Å². The van der Waals surface area contributed by atoms with Crippen LogP contribution in [0, 0.1) is 11.8 Å². The SMILES string of the molecule is CC(C)C1CCCN(C(=O)/C=C/c2cccc(N)c2)CC1. The van der Waals surface area contributed by atoms with Crippen LogP contribution in [0.3, 0.4) is 0 Å². The molecule has 1 aromatic carbocycles. The molecule has 1 aromatic rings. The molecule has 3 nitrogen and oxygen atoms in total. The predicted molar refractivity (Wildman–Crippen MR) is 88.6 cm³/mol. The molecule has 1 saturated heterocycles. The Kier molecular flexibility index (Phi) is 5.43. The van der Waals surface area contributed by atoms with Gasteiger partial charge in [0, 0.05) is 24.9 Å². The summed E-state index contributed by atoms with van der Waals surface area (Å²) in [7, 11) is 0. The molecule has 1 aliphatic heterocycles. The van der Waals surface area contributed by atoms with Crippen molar-refractivity contribution in [3.63, 3.8) is 0 Å². The van der Waals surface area contributed by atoms with Gasteiger partial charge < -0.3 is 10.6 Å². The standard InChI is InChI=1S/C18H26N2O/c1-14(2)16-6-4-11-20(12-10-16)18(21)9-8-15-5-3-7-17(19)13-15/h3,5,7-9,13-14,16H,4,6,10-12,19H2,1-2H3/b9-8+. The van der Waals surface area contributed by atoms with Crippen LogP contribution in [0.2, 0.25) is 0 Å². The first kappa shape index (κ1) is 15.6. The Morgan fingerprint density at radius 3 is 2.86 bits per heavy atom. The number of nitrogen functional groups attached to an aromatic ring is 1. The highest BCUT2D eigenvalue weighted by atomic mass is 16.2. The largest absolute Gasteiger partial charge is 0.399 e. The second-order valence-electron chi connectivity index (χ2n) is 6.26. The van der Waals surface area contributed by atoms with E-state index in [1.54, 1.807) is 6.08 Å². The summed E-state index contributed by atoms with van der Waals surface area (Å²) in [5.74, 6) is 1.57. The van der Waals surface area contributed by atoms with Gasteiger partial charge in [0.15, 0.2) is 0 Å². The maximum atomic E-state index is 12.3. The molecule has 2 N–H and O–H groups in total. The average Bonchev–Trinajstić information content (AvgIpc) is 2.71. The van der Waals surface area contributed by atoms with Gasteiger partial charge in [-0.05, 0) is 54.9 Å². The van der Waals surface area contributed by atoms with E-state index in [1.165, 1.54) is 6.42 Å². The molecular weight excluding hydrogens is 260 g/mol. The zero-order chi connectivity index (χ0) is 15.2. The van der Waals surface area contributed by atoms with Crippen molar-refractivity contribution in [1.29, 1.82) is 0 Å². The van der Waals surface area contributed by atoms with Crippen molar-refractivity contribution in [3.8, 4) is 0 Å². The maximum absolute atomic E-state index is 12.3. The summed E-state index contributed by atoms with van der Waals surface area (Å²) in [5.41, 5.74) is 7.43. The molecule has 0 bridgehead atoms. The fourth-order valence-electron chi connectivity index (χ4n) is 2.94. The Balaban J connectivity index is 1.94. The first-order valence-electron chi connectivity index (χ1n) is 7.89. The summed E-state index contributed by atoms with van der Waals surface area (Å²) in [4.78, 5) is 14.3. The van der Waals surface area contributed by atoms with E-state index in [-0.39, 0.29) is 5.91 Å². The van der Waals surface area contributed by atoms with Gasteiger partial charge in [0.2, 0.25) is 5.91 Å². The van der Waals surface area contributed by atoms with Crippen molar-refractivity contribution in [2.75, 3.05) is 18.8 Å². The lowest BCUT2D eigenvalue weighted by molar-refractivity contribution is -0.125. The monoisotopic (exact) mass is 286 g/mol. The van der Waals surface area contributed by atoms with Crippen LogP contribution in [0.4, 0.5) is 5.69 Å². The van der Waals surface area contributed by atoms with Crippen LogP contribution < -0.4 is 5.73 Å². The van der Waals surface area contributed by atoms with Gasteiger partial charge in [0.1, 0.15) is 0 Å². The number of anilines is 1. The van der Waals surface area contributed by atoms with Crippen molar-refractivity contribution in [1.82, 2.24) is 4.90 Å². The maximum Gasteiger partial charge on any atom is 0.246 e. The molecule has 1 atom stereocenters. The third-order valence-electron chi connectivity index (χ3n) is 4.36. The van der Waals surface area contributed by atoms with Crippen molar-refractivity contribution in [3.05, 3.63) is 35.9 Å². The Hall–Kier alpha value is -1.77. The highest BCUT2D eigenvalue weighted by Gasteiger charge is 2.21. The van der Waals surface area contributed by atoms with Crippen molar-refractivity contribution in [2.24, 2.45) is 11.8 Å². The topological polar surface area (TPSA) is 46.3 Å². The van der Waals surface area contributed by atoms with Crippen LogP contribution in [0.1, 0.15) is 38.7 Å². The van der Waals surface area contributed by atoms with E-state index in [1.807, 2.05) is 35.2 Å². The highest BCUT2D eigenvalue weighted by Crippen LogP contribution is 2.24. The first-order valence-corrected chi connectivity index (χ1v) is 7.89. The number of rotatable bonds is 3. The molecule has 3 heteroatoms. The molecule has 1 aliphatic rings. The number of hydrogen-bond acceptors (Lipinski definition) is 2. The van der Waals surface area contributed by atoms with E-state index in [4.69, 9.17) is 5.73 Å². The molecule has 1 amide bonds. The van der Waals surface area contributed by atoms with Crippen molar-refractivity contribution < 1.29 is 4.79 Å². The Morgan fingerprint density at radius 1 is 1.33 bits per heavy atom. The summed E-state index contributed by atoms with van der Waals surface area (Å²) in [6.07, 6.45) is 6.99. The molecular formula is C18H26N2O. The van der Waals surface area contributed by atoms with Gasteiger partial charge in [-0.15, -0.1) is 0 Å². The van der Waals surface area contributed by atoms with Crippen molar-refractivity contribution >= 4 is 17.7 Å². The second kappa shape index (κ2) is 7.30. The van der Waals surface area contributed by atoms with Gasteiger partial charge in [-0.2, -0.15) is 0 Å². The smallest absolute Gasteiger partial charge is 0.246 e. The van der Waals surface area contributed by atoms with Gasteiger partial charge in [-0.3, -0.25) is 4.79 Å². The zero-order valence-electron chi connectivity index (χ0n) is 13.1. The van der Waals surface area contributed by atoms with E-state index in [0.29, 0.717) is 5.92 Å². The minimum atomic E-state index is 0.113. The van der Waals surface area contributed by atoms with Gasteiger partial charge in [-0.25, -0.2) is 0 Å². The summed E-state index contributed by atoms with van der Waals surface area (Å²) < 4.78 is 0. The van der Waals surface area contributed by atoms with Gasteiger partial charge in [0.05, 0.1) is 0 Å². The number of benzene rings is 1. The third-order valence-corrected chi connectivity index (χ3v) is 4.36. The molecule has 114 valence electrons. The highest BCUT2D eigenvalue weighted by molar-refractivity contribution is 5.91. The average molecular weight is 286 g/mol. The summed E-state index contributed by atoms with van der Waals surface area (Å²) >= 11 is 0. The molecule has 1 fully saturated rings. The quantitative estimate of drug-likeness (QED) is 0.682. The van der Waals surface area contributed by atoms with Crippen LogP contribution in [0.25, 0.3) is 6.08 Å². The number of nitrogens with two attached hydrogens (primary N) is 1. The van der Waals surface area contributed by atoms with Crippen LogP contribution in [0.15, 0.2) is 30.3 Å². The molecule has 2 rings (SSSR count). The number of carbonyl (C=O) groups is 1. The van der Waals surface area contributed by atoms with Gasteiger partial charge in [0.25, 0.3) is 0 Å². The number of nitrogens with zero attached hydrogens (tertiary/aromatic N) is 1. The molecule has 0 radical (unpaired) electrons. The van der Waals surface area contributed by atoms with E-state index in [9.17, 15) is 4.79 Å². The molecule has 0 aliphatic carbocycles. The second-order valence-corrected chi connectivity index (χ2v) is 6.26. The lowest BCUT2D eigenvalue weighted by Crippen LogP contribution is -2.30. The number of carbonyl (C=O) groups excluding carboxylic acids is 1.